The molecular formula is C16H22IN. The van der Waals surface area contributed by atoms with E-state index in [-0.39, 0.29) is 0 Å². The van der Waals surface area contributed by atoms with Gasteiger partial charge < -0.3 is 5.32 Å². The molecule has 18 heavy (non-hydrogen) atoms. The monoisotopic (exact) mass is 355 g/mol. The van der Waals surface area contributed by atoms with Crippen molar-refractivity contribution in [1.82, 2.24) is 5.32 Å². The Kier molecular flexibility index (Phi) is 5.25. The average molecular weight is 355 g/mol. The van der Waals surface area contributed by atoms with E-state index >= 15 is 0 Å². The lowest BCUT2D eigenvalue weighted by Crippen LogP contribution is -2.20. The Morgan fingerprint density at radius 3 is 2.83 bits per heavy atom. The van der Waals surface area contributed by atoms with Crippen LogP contribution in [0.25, 0.3) is 0 Å². The zero-order chi connectivity index (χ0) is 13.0. The Balaban J connectivity index is 2.32. The van der Waals surface area contributed by atoms with Crippen LogP contribution in [-0.4, -0.2) is 7.05 Å². The summed E-state index contributed by atoms with van der Waals surface area (Å²) >= 11 is 2.48. The van der Waals surface area contributed by atoms with E-state index in [2.05, 4.69) is 66.2 Å². The molecule has 2 heteroatoms. The highest BCUT2D eigenvalue weighted by Crippen LogP contribution is 2.32. The second-order valence-corrected chi connectivity index (χ2v) is 6.16. The summed E-state index contributed by atoms with van der Waals surface area (Å²) in [6.07, 6.45) is 9.02. The first-order valence-corrected chi connectivity index (χ1v) is 7.93. The molecule has 0 saturated carbocycles. The molecule has 0 aromatic heterocycles. The minimum absolute atomic E-state index is 0.398. The summed E-state index contributed by atoms with van der Waals surface area (Å²) in [6, 6.07) is 7.03. The van der Waals surface area contributed by atoms with Gasteiger partial charge in [0.25, 0.3) is 0 Å². The van der Waals surface area contributed by atoms with Crippen LogP contribution in [0.2, 0.25) is 0 Å². The number of halogens is 1. The third-order valence-corrected chi connectivity index (χ3v) is 5.24. The molecule has 1 aromatic carbocycles. The molecule has 0 heterocycles. The van der Waals surface area contributed by atoms with Crippen LogP contribution in [0.1, 0.15) is 49.3 Å². The van der Waals surface area contributed by atoms with Gasteiger partial charge in [-0.2, -0.15) is 0 Å². The van der Waals surface area contributed by atoms with E-state index in [1.165, 1.54) is 46.8 Å². The van der Waals surface area contributed by atoms with Gasteiger partial charge in [-0.05, 0) is 73.4 Å². The van der Waals surface area contributed by atoms with E-state index in [1.54, 1.807) is 5.57 Å². The highest BCUT2D eigenvalue weighted by molar-refractivity contribution is 14.1. The number of benzene rings is 1. The van der Waals surface area contributed by atoms with Gasteiger partial charge in [0.05, 0.1) is 6.04 Å². The normalized spacial score (nSPS) is 18.1. The van der Waals surface area contributed by atoms with Gasteiger partial charge in [0.15, 0.2) is 0 Å². The van der Waals surface area contributed by atoms with Crippen LogP contribution in [0.15, 0.2) is 29.8 Å². The smallest absolute Gasteiger partial charge is 0.0544 e. The molecule has 1 aliphatic rings. The van der Waals surface area contributed by atoms with Crippen LogP contribution < -0.4 is 5.32 Å². The molecule has 0 radical (unpaired) electrons. The van der Waals surface area contributed by atoms with Crippen molar-refractivity contribution in [2.75, 3.05) is 7.05 Å². The zero-order valence-corrected chi connectivity index (χ0v) is 13.5. The maximum Gasteiger partial charge on any atom is 0.0544 e. The quantitative estimate of drug-likeness (QED) is 0.609. The van der Waals surface area contributed by atoms with Crippen molar-refractivity contribution >= 4 is 22.6 Å². The predicted molar refractivity (Wildman–Crippen MR) is 86.9 cm³/mol. The number of rotatable bonds is 3. The summed E-state index contributed by atoms with van der Waals surface area (Å²) in [7, 11) is 2.08. The van der Waals surface area contributed by atoms with Gasteiger partial charge in [-0.15, -0.1) is 0 Å². The van der Waals surface area contributed by atoms with E-state index in [0.29, 0.717) is 6.04 Å². The summed E-state index contributed by atoms with van der Waals surface area (Å²) in [5.74, 6) is 0. The average Bonchev–Trinajstić information content (AvgIpc) is 2.64. The van der Waals surface area contributed by atoms with Crippen molar-refractivity contribution in [3.05, 3.63) is 44.5 Å². The highest BCUT2D eigenvalue weighted by Gasteiger charge is 2.18. The predicted octanol–water partition coefficient (Wildman–Crippen LogP) is 4.75. The second kappa shape index (κ2) is 6.71. The van der Waals surface area contributed by atoms with Gasteiger partial charge >= 0.3 is 0 Å². The summed E-state index contributed by atoms with van der Waals surface area (Å²) in [4.78, 5) is 0. The van der Waals surface area contributed by atoms with Crippen LogP contribution in [0.5, 0.6) is 0 Å². The lowest BCUT2D eigenvalue weighted by molar-refractivity contribution is 0.626. The fraction of sp³-hybridized carbons (Fsp3) is 0.500. The number of likely N-dealkylation sites (N-methyl/N-ethyl adjacent to an activating group) is 1. The van der Waals surface area contributed by atoms with Crippen molar-refractivity contribution in [1.29, 1.82) is 0 Å². The van der Waals surface area contributed by atoms with E-state index < -0.39 is 0 Å². The van der Waals surface area contributed by atoms with Crippen LogP contribution in [0.4, 0.5) is 0 Å². The molecule has 1 atom stereocenters. The molecule has 2 rings (SSSR count). The summed E-state index contributed by atoms with van der Waals surface area (Å²) in [6.45, 7) is 2.19. The standard InChI is InChI=1S/C16H22IN/c1-12-8-7-11-14(15(12)17)16(18-2)13-9-5-3-4-6-10-13/h7-9,11,16,18H,3-6,10H2,1-2H3. The summed E-state index contributed by atoms with van der Waals surface area (Å²) in [5.41, 5.74) is 4.40. The lowest BCUT2D eigenvalue weighted by atomic mass is 9.94. The molecule has 1 unspecified atom stereocenters. The number of nitrogens with one attached hydrogen (secondary N) is 1. The van der Waals surface area contributed by atoms with Crippen LogP contribution >= 0.6 is 22.6 Å². The minimum atomic E-state index is 0.398. The van der Waals surface area contributed by atoms with Gasteiger partial charge in [0, 0.05) is 3.57 Å². The molecule has 0 bridgehead atoms. The van der Waals surface area contributed by atoms with Crippen LogP contribution in [-0.2, 0) is 0 Å². The molecule has 1 aromatic rings. The van der Waals surface area contributed by atoms with Crippen molar-refractivity contribution in [3.63, 3.8) is 0 Å². The van der Waals surface area contributed by atoms with Gasteiger partial charge in [0.1, 0.15) is 0 Å². The van der Waals surface area contributed by atoms with Crippen molar-refractivity contribution < 1.29 is 0 Å². The number of hydrogen-bond acceptors (Lipinski definition) is 1. The Labute approximate surface area is 124 Å². The molecular weight excluding hydrogens is 333 g/mol. The van der Waals surface area contributed by atoms with Crippen LogP contribution in [0.3, 0.4) is 0 Å². The second-order valence-electron chi connectivity index (χ2n) is 5.08. The minimum Gasteiger partial charge on any atom is -0.310 e. The van der Waals surface area contributed by atoms with E-state index in [4.69, 9.17) is 0 Å². The molecule has 1 nitrogen and oxygen atoms in total. The van der Waals surface area contributed by atoms with Crippen molar-refractivity contribution in [2.24, 2.45) is 0 Å². The summed E-state index contributed by atoms with van der Waals surface area (Å²) < 4.78 is 1.40. The molecule has 0 fully saturated rings. The topological polar surface area (TPSA) is 12.0 Å². The van der Waals surface area contributed by atoms with Gasteiger partial charge in [0.2, 0.25) is 0 Å². The first-order chi connectivity index (χ1) is 8.74. The Morgan fingerprint density at radius 2 is 2.06 bits per heavy atom. The van der Waals surface area contributed by atoms with Gasteiger partial charge in [-0.1, -0.05) is 36.3 Å². The lowest BCUT2D eigenvalue weighted by Gasteiger charge is -2.22. The Morgan fingerprint density at radius 1 is 1.22 bits per heavy atom. The molecule has 0 saturated heterocycles. The largest absolute Gasteiger partial charge is 0.310 e. The SMILES string of the molecule is CNC(C1=CCCCCC1)c1cccc(C)c1I. The number of hydrogen-bond donors (Lipinski definition) is 1. The van der Waals surface area contributed by atoms with Gasteiger partial charge in [-0.25, -0.2) is 0 Å². The van der Waals surface area contributed by atoms with E-state index in [0.717, 1.165) is 0 Å². The fourth-order valence-corrected chi connectivity index (χ4v) is 3.41. The van der Waals surface area contributed by atoms with Crippen molar-refractivity contribution in [3.8, 4) is 0 Å². The van der Waals surface area contributed by atoms with Crippen molar-refractivity contribution in [2.45, 2.75) is 45.1 Å². The highest BCUT2D eigenvalue weighted by atomic mass is 127. The van der Waals surface area contributed by atoms with E-state index in [1.807, 2.05) is 0 Å². The maximum absolute atomic E-state index is 3.51. The Hall–Kier alpha value is -0.350. The Bertz CT molecular complexity index is 437. The van der Waals surface area contributed by atoms with E-state index in [9.17, 15) is 0 Å². The third kappa shape index (κ3) is 3.15. The number of aryl methyl sites for hydroxylation is 1. The summed E-state index contributed by atoms with van der Waals surface area (Å²) in [5, 5.41) is 3.51. The molecule has 0 aliphatic heterocycles. The molecule has 1 aliphatic carbocycles. The number of allylic oxidation sites excluding steroid dienone is 1. The van der Waals surface area contributed by atoms with Crippen LogP contribution in [0, 0.1) is 10.5 Å². The fourth-order valence-electron chi connectivity index (χ4n) is 2.74. The molecule has 98 valence electrons. The molecule has 1 N–H and O–H groups in total. The molecule has 0 spiro atoms. The first-order valence-electron chi connectivity index (χ1n) is 6.85. The van der Waals surface area contributed by atoms with Gasteiger partial charge in [-0.3, -0.25) is 0 Å². The maximum atomic E-state index is 3.51. The molecule has 0 amide bonds. The third-order valence-electron chi connectivity index (χ3n) is 3.77. The zero-order valence-electron chi connectivity index (χ0n) is 11.3. The first kappa shape index (κ1) is 14.1.